The number of amides is 1. The van der Waals surface area contributed by atoms with Gasteiger partial charge in [0.05, 0.1) is 11.2 Å². The zero-order valence-corrected chi connectivity index (χ0v) is 14.0. The minimum absolute atomic E-state index is 0.0593. The van der Waals surface area contributed by atoms with E-state index in [1.54, 1.807) is 0 Å². The first kappa shape index (κ1) is 15.8. The van der Waals surface area contributed by atoms with Crippen molar-refractivity contribution in [1.29, 1.82) is 0 Å². The molecule has 1 N–H and O–H groups in total. The zero-order chi connectivity index (χ0) is 15.2. The van der Waals surface area contributed by atoms with Gasteiger partial charge in [0.2, 0.25) is 5.91 Å². The van der Waals surface area contributed by atoms with Crippen molar-refractivity contribution in [3.8, 4) is 0 Å². The highest BCUT2D eigenvalue weighted by Crippen LogP contribution is 2.21. The summed E-state index contributed by atoms with van der Waals surface area (Å²) in [6, 6.07) is 16.3. The van der Waals surface area contributed by atoms with Crippen LogP contribution >= 0.6 is 15.9 Å². The van der Waals surface area contributed by atoms with Gasteiger partial charge < -0.3 is 5.32 Å². The molecular weight excluding hydrogens is 326 g/mol. The number of hydrogen-bond acceptors (Lipinski definition) is 1. The van der Waals surface area contributed by atoms with Gasteiger partial charge in [-0.1, -0.05) is 70.0 Å². The lowest BCUT2D eigenvalue weighted by Gasteiger charge is -2.12. The molecule has 1 unspecified atom stereocenters. The highest BCUT2D eigenvalue weighted by Gasteiger charge is 2.10. The minimum Gasteiger partial charge on any atom is -0.354 e. The Balaban J connectivity index is 1.89. The Morgan fingerprint density at radius 2 is 1.86 bits per heavy atom. The third-order valence-electron chi connectivity index (χ3n) is 3.50. The topological polar surface area (TPSA) is 29.1 Å². The number of carbonyl (C=O) groups is 1. The largest absolute Gasteiger partial charge is 0.354 e. The van der Waals surface area contributed by atoms with E-state index in [0.717, 1.165) is 11.1 Å². The summed E-state index contributed by atoms with van der Waals surface area (Å²) in [5.41, 5.74) is 4.61. The van der Waals surface area contributed by atoms with E-state index in [2.05, 4.69) is 51.6 Å². The molecule has 0 aliphatic rings. The van der Waals surface area contributed by atoms with Crippen LogP contribution in [0.25, 0.3) is 0 Å². The zero-order valence-electron chi connectivity index (χ0n) is 12.4. The molecule has 2 nitrogen and oxygen atoms in total. The molecule has 0 aliphatic carbocycles. The Bertz CT molecular complexity index is 610. The third-order valence-corrected chi connectivity index (χ3v) is 4.35. The standard InChI is InChI=1S/C18H20BrNO/c1-13-8-9-14(2)16(10-13)11-18(21)20-12-17(19)15-6-4-3-5-7-15/h3-10,17H,11-12H2,1-2H3,(H,20,21). The van der Waals surface area contributed by atoms with Crippen LogP contribution in [0.15, 0.2) is 48.5 Å². The van der Waals surface area contributed by atoms with Gasteiger partial charge in [0.1, 0.15) is 0 Å². The van der Waals surface area contributed by atoms with Crippen LogP contribution in [0.2, 0.25) is 0 Å². The van der Waals surface area contributed by atoms with Crippen LogP contribution in [-0.2, 0) is 11.2 Å². The van der Waals surface area contributed by atoms with Crippen molar-refractivity contribution in [2.45, 2.75) is 25.1 Å². The number of carbonyl (C=O) groups excluding carboxylic acids is 1. The normalized spacial score (nSPS) is 12.0. The van der Waals surface area contributed by atoms with Gasteiger partial charge in [-0.05, 0) is 30.5 Å². The summed E-state index contributed by atoms with van der Waals surface area (Å²) in [5.74, 6) is 0.0593. The number of hydrogen-bond donors (Lipinski definition) is 1. The summed E-state index contributed by atoms with van der Waals surface area (Å²) in [4.78, 5) is 12.2. The summed E-state index contributed by atoms with van der Waals surface area (Å²) in [6.07, 6.45) is 0.433. The van der Waals surface area contributed by atoms with Gasteiger partial charge in [0.15, 0.2) is 0 Å². The van der Waals surface area contributed by atoms with Crippen molar-refractivity contribution in [3.63, 3.8) is 0 Å². The van der Waals surface area contributed by atoms with Crippen LogP contribution in [0.3, 0.4) is 0 Å². The first-order chi connectivity index (χ1) is 10.1. The molecule has 2 rings (SSSR count). The monoisotopic (exact) mass is 345 g/mol. The van der Waals surface area contributed by atoms with E-state index in [1.807, 2.05) is 32.0 Å². The maximum Gasteiger partial charge on any atom is 0.224 e. The second-order valence-electron chi connectivity index (χ2n) is 5.29. The number of nitrogens with one attached hydrogen (secondary N) is 1. The van der Waals surface area contributed by atoms with Gasteiger partial charge in [-0.25, -0.2) is 0 Å². The summed E-state index contributed by atoms with van der Waals surface area (Å²) in [5, 5.41) is 2.99. The van der Waals surface area contributed by atoms with Crippen LogP contribution in [0.1, 0.15) is 27.1 Å². The number of alkyl halides is 1. The minimum atomic E-state index is 0.0593. The lowest BCUT2D eigenvalue weighted by atomic mass is 10.0. The summed E-state index contributed by atoms with van der Waals surface area (Å²) < 4.78 is 0. The van der Waals surface area contributed by atoms with Gasteiger partial charge in [0, 0.05) is 6.54 Å². The van der Waals surface area contributed by atoms with E-state index in [1.165, 1.54) is 11.1 Å². The van der Waals surface area contributed by atoms with Gasteiger partial charge in [-0.3, -0.25) is 4.79 Å². The third kappa shape index (κ3) is 4.71. The molecule has 0 aromatic heterocycles. The van der Waals surface area contributed by atoms with Crippen molar-refractivity contribution in [2.24, 2.45) is 0 Å². The Labute approximate surface area is 134 Å². The van der Waals surface area contributed by atoms with Gasteiger partial charge in [-0.2, -0.15) is 0 Å². The molecule has 1 amide bonds. The van der Waals surface area contributed by atoms with E-state index in [-0.39, 0.29) is 10.7 Å². The Morgan fingerprint density at radius 1 is 1.14 bits per heavy atom. The average molecular weight is 346 g/mol. The molecule has 21 heavy (non-hydrogen) atoms. The van der Waals surface area contributed by atoms with E-state index in [4.69, 9.17) is 0 Å². The van der Waals surface area contributed by atoms with E-state index < -0.39 is 0 Å². The molecule has 0 heterocycles. The summed E-state index contributed by atoms with van der Waals surface area (Å²) in [6.45, 7) is 4.68. The first-order valence-corrected chi connectivity index (χ1v) is 7.99. The van der Waals surface area contributed by atoms with Gasteiger partial charge in [0.25, 0.3) is 0 Å². The summed E-state index contributed by atoms with van der Waals surface area (Å²) >= 11 is 3.61. The molecule has 1 atom stereocenters. The van der Waals surface area contributed by atoms with Crippen molar-refractivity contribution in [2.75, 3.05) is 6.54 Å². The molecule has 0 saturated heterocycles. The SMILES string of the molecule is Cc1ccc(C)c(CC(=O)NCC(Br)c2ccccc2)c1. The maximum atomic E-state index is 12.1. The highest BCUT2D eigenvalue weighted by atomic mass is 79.9. The Hall–Kier alpha value is -1.61. The van der Waals surface area contributed by atoms with E-state index in [0.29, 0.717) is 13.0 Å². The second kappa shape index (κ2) is 7.41. The molecule has 0 spiro atoms. The van der Waals surface area contributed by atoms with Crippen LogP contribution in [0.5, 0.6) is 0 Å². The number of rotatable bonds is 5. The van der Waals surface area contributed by atoms with Crippen LogP contribution in [0, 0.1) is 13.8 Å². The molecule has 0 radical (unpaired) electrons. The van der Waals surface area contributed by atoms with Crippen molar-refractivity contribution in [3.05, 3.63) is 70.8 Å². The van der Waals surface area contributed by atoms with Crippen LogP contribution < -0.4 is 5.32 Å². The lowest BCUT2D eigenvalue weighted by molar-refractivity contribution is -0.120. The smallest absolute Gasteiger partial charge is 0.224 e. The van der Waals surface area contributed by atoms with E-state index >= 15 is 0 Å². The Morgan fingerprint density at radius 3 is 2.57 bits per heavy atom. The molecule has 0 bridgehead atoms. The van der Waals surface area contributed by atoms with Crippen LogP contribution in [-0.4, -0.2) is 12.5 Å². The van der Waals surface area contributed by atoms with Crippen molar-refractivity contribution < 1.29 is 4.79 Å². The number of aryl methyl sites for hydroxylation is 2. The molecule has 3 heteroatoms. The molecule has 0 aliphatic heterocycles. The van der Waals surface area contributed by atoms with Gasteiger partial charge >= 0.3 is 0 Å². The van der Waals surface area contributed by atoms with Crippen molar-refractivity contribution >= 4 is 21.8 Å². The number of halogens is 1. The molecule has 0 saturated carbocycles. The lowest BCUT2D eigenvalue weighted by Crippen LogP contribution is -2.28. The van der Waals surface area contributed by atoms with Crippen LogP contribution in [0.4, 0.5) is 0 Å². The predicted molar refractivity (Wildman–Crippen MR) is 90.7 cm³/mol. The predicted octanol–water partition coefficient (Wildman–Crippen LogP) is 4.10. The molecule has 110 valence electrons. The fourth-order valence-electron chi connectivity index (χ4n) is 2.21. The number of benzene rings is 2. The second-order valence-corrected chi connectivity index (χ2v) is 6.39. The average Bonchev–Trinajstić information content (AvgIpc) is 2.49. The molecule has 2 aromatic rings. The van der Waals surface area contributed by atoms with Crippen molar-refractivity contribution in [1.82, 2.24) is 5.32 Å². The molecule has 0 fully saturated rings. The molecular formula is C18H20BrNO. The summed E-state index contributed by atoms with van der Waals surface area (Å²) in [7, 11) is 0. The fourth-order valence-corrected chi connectivity index (χ4v) is 2.68. The molecule has 2 aromatic carbocycles. The Kier molecular flexibility index (Phi) is 5.57. The fraction of sp³-hybridized carbons (Fsp3) is 0.278. The highest BCUT2D eigenvalue weighted by molar-refractivity contribution is 9.09. The quantitative estimate of drug-likeness (QED) is 0.812. The first-order valence-electron chi connectivity index (χ1n) is 7.08. The van der Waals surface area contributed by atoms with Gasteiger partial charge in [-0.15, -0.1) is 0 Å². The maximum absolute atomic E-state index is 12.1. The van der Waals surface area contributed by atoms with E-state index in [9.17, 15) is 4.79 Å².